The van der Waals surface area contributed by atoms with Gasteiger partial charge in [0.15, 0.2) is 11.6 Å². The van der Waals surface area contributed by atoms with Gasteiger partial charge in [-0.05, 0) is 18.2 Å². The molecule has 1 aromatic heterocycles. The monoisotopic (exact) mass is 312 g/mol. The van der Waals surface area contributed by atoms with Gasteiger partial charge in [-0.2, -0.15) is 5.10 Å². The number of aryl methyl sites for hydroxylation is 1. The number of ether oxygens (including phenoxy) is 1. The van der Waals surface area contributed by atoms with E-state index in [9.17, 15) is 17.3 Å². The van der Waals surface area contributed by atoms with Crippen molar-refractivity contribution in [3.8, 4) is 5.75 Å². The molecule has 3 nitrogen and oxygen atoms in total. The zero-order valence-electron chi connectivity index (χ0n) is 11.0. The van der Waals surface area contributed by atoms with Gasteiger partial charge in [-0.1, -0.05) is 6.07 Å². The minimum Gasteiger partial charge on any atom is -0.484 e. The SMILES string of the molecule is Cn1ccc(COc2cc([B-](F)(F)F)ccc2F)n1.[K+]. The zero-order valence-corrected chi connectivity index (χ0v) is 14.1. The van der Waals surface area contributed by atoms with Crippen LogP contribution in [0, 0.1) is 5.82 Å². The maximum absolute atomic E-state index is 13.4. The van der Waals surface area contributed by atoms with Crippen molar-refractivity contribution in [3.05, 3.63) is 42.0 Å². The van der Waals surface area contributed by atoms with Crippen LogP contribution in [0.25, 0.3) is 0 Å². The van der Waals surface area contributed by atoms with E-state index in [-0.39, 0.29) is 58.0 Å². The summed E-state index contributed by atoms with van der Waals surface area (Å²) in [5, 5.41) is 3.98. The van der Waals surface area contributed by atoms with Gasteiger partial charge >= 0.3 is 58.4 Å². The maximum atomic E-state index is 13.4. The van der Waals surface area contributed by atoms with E-state index in [0.29, 0.717) is 17.8 Å². The van der Waals surface area contributed by atoms with E-state index in [1.54, 1.807) is 19.3 Å². The Bertz CT molecular complexity index is 588. The van der Waals surface area contributed by atoms with E-state index < -0.39 is 24.0 Å². The van der Waals surface area contributed by atoms with E-state index in [4.69, 9.17) is 4.74 Å². The third-order valence-corrected chi connectivity index (χ3v) is 2.48. The second kappa shape index (κ2) is 7.08. The molecule has 0 radical (unpaired) electrons. The van der Waals surface area contributed by atoms with Gasteiger partial charge < -0.3 is 17.7 Å². The number of hydrogen-bond acceptors (Lipinski definition) is 2. The summed E-state index contributed by atoms with van der Waals surface area (Å²) in [5.41, 5.74) is -0.387. The number of nitrogens with zero attached hydrogens (tertiary/aromatic N) is 2. The number of aromatic nitrogens is 2. The second-order valence-electron chi connectivity index (χ2n) is 4.03. The topological polar surface area (TPSA) is 27.1 Å². The van der Waals surface area contributed by atoms with Crippen LogP contribution in [0.3, 0.4) is 0 Å². The van der Waals surface area contributed by atoms with E-state index in [1.165, 1.54) is 4.68 Å². The van der Waals surface area contributed by atoms with E-state index in [1.807, 2.05) is 0 Å². The minimum absolute atomic E-state index is 0. The van der Waals surface area contributed by atoms with Gasteiger partial charge in [-0.25, -0.2) is 4.39 Å². The Labute approximate surface area is 155 Å². The van der Waals surface area contributed by atoms with Crippen LogP contribution in [0.1, 0.15) is 5.69 Å². The van der Waals surface area contributed by atoms with E-state index >= 15 is 0 Å². The normalized spacial score (nSPS) is 11.1. The van der Waals surface area contributed by atoms with Crippen molar-refractivity contribution in [3.63, 3.8) is 0 Å². The predicted molar refractivity (Wildman–Crippen MR) is 62.7 cm³/mol. The molecule has 0 N–H and O–H groups in total. The first-order chi connectivity index (χ1) is 8.86. The Kier molecular flexibility index (Phi) is 6.27. The molecule has 0 aliphatic rings. The van der Waals surface area contributed by atoms with Crippen molar-refractivity contribution in [1.82, 2.24) is 9.78 Å². The van der Waals surface area contributed by atoms with Crippen LogP contribution in [0.5, 0.6) is 5.75 Å². The molecule has 0 fully saturated rings. The van der Waals surface area contributed by atoms with E-state index in [0.717, 1.165) is 6.07 Å². The summed E-state index contributed by atoms with van der Waals surface area (Å²) < 4.78 is 57.5. The molecular weight excluding hydrogens is 302 g/mol. The molecule has 0 atom stereocenters. The fourth-order valence-corrected chi connectivity index (χ4v) is 1.53. The first-order valence-corrected chi connectivity index (χ1v) is 5.47. The summed E-state index contributed by atoms with van der Waals surface area (Å²) in [6.45, 7) is -5.26. The molecule has 0 saturated carbocycles. The number of rotatable bonds is 4. The van der Waals surface area contributed by atoms with Gasteiger partial charge in [0.2, 0.25) is 0 Å². The summed E-state index contributed by atoms with van der Waals surface area (Å²) in [6.07, 6.45) is 1.66. The van der Waals surface area contributed by atoms with Gasteiger partial charge in [0, 0.05) is 13.2 Å². The molecule has 0 amide bonds. The molecule has 1 heterocycles. The molecule has 0 bridgehead atoms. The molecular formula is C11H10BF4KN2O. The van der Waals surface area contributed by atoms with Crippen LogP contribution in [0.2, 0.25) is 0 Å². The third kappa shape index (κ3) is 4.59. The standard InChI is InChI=1S/C11H10BF4N2O.K/c1-18-5-4-9(17-18)7-19-11-6-8(12(14,15)16)2-3-10(11)13;/h2-6H,7H2,1H3;/q-1;+1. The van der Waals surface area contributed by atoms with Gasteiger partial charge in [0.05, 0.1) is 5.69 Å². The maximum Gasteiger partial charge on any atom is 1.00 e. The van der Waals surface area contributed by atoms with Crippen molar-refractivity contribution in [1.29, 1.82) is 0 Å². The van der Waals surface area contributed by atoms with Gasteiger partial charge in [0.25, 0.3) is 0 Å². The number of benzene rings is 1. The fraction of sp³-hybridized carbons (Fsp3) is 0.182. The van der Waals surface area contributed by atoms with Gasteiger partial charge in [-0.15, -0.1) is 5.46 Å². The van der Waals surface area contributed by atoms with Gasteiger partial charge in [-0.3, -0.25) is 4.68 Å². The average Bonchev–Trinajstić information content (AvgIpc) is 2.72. The molecule has 0 aliphatic carbocycles. The quantitative estimate of drug-likeness (QED) is 0.546. The number of hydrogen-bond donors (Lipinski definition) is 0. The van der Waals surface area contributed by atoms with Crippen molar-refractivity contribution in [2.24, 2.45) is 7.05 Å². The first kappa shape index (κ1) is 17.7. The van der Waals surface area contributed by atoms with Crippen LogP contribution in [0.4, 0.5) is 17.3 Å². The predicted octanol–water partition coefficient (Wildman–Crippen LogP) is -0.803. The molecule has 2 aromatic rings. The first-order valence-electron chi connectivity index (χ1n) is 5.47. The third-order valence-electron chi connectivity index (χ3n) is 2.48. The minimum atomic E-state index is -5.17. The summed E-state index contributed by atoms with van der Waals surface area (Å²) in [5.74, 6) is -1.26. The van der Waals surface area contributed by atoms with Crippen LogP contribution in [0.15, 0.2) is 30.5 Å². The molecule has 102 valence electrons. The summed E-state index contributed by atoms with van der Waals surface area (Å²) in [4.78, 5) is 0. The van der Waals surface area contributed by atoms with Crippen LogP contribution in [-0.4, -0.2) is 16.8 Å². The molecule has 0 aliphatic heterocycles. The Balaban J connectivity index is 0.00000200. The molecule has 0 saturated heterocycles. The summed E-state index contributed by atoms with van der Waals surface area (Å²) in [7, 11) is 1.69. The fourth-order valence-electron chi connectivity index (χ4n) is 1.53. The Morgan fingerprint density at radius 3 is 2.50 bits per heavy atom. The van der Waals surface area contributed by atoms with Crippen molar-refractivity contribution in [2.75, 3.05) is 0 Å². The average molecular weight is 312 g/mol. The smallest absolute Gasteiger partial charge is 0.484 e. The van der Waals surface area contributed by atoms with Gasteiger partial charge in [0.1, 0.15) is 6.61 Å². The summed E-state index contributed by atoms with van der Waals surface area (Å²) >= 11 is 0. The molecule has 9 heteroatoms. The van der Waals surface area contributed by atoms with Crippen molar-refractivity contribution in [2.45, 2.75) is 6.61 Å². The number of halogens is 4. The zero-order chi connectivity index (χ0) is 14.0. The Hall–Kier alpha value is -0.349. The van der Waals surface area contributed by atoms with Crippen LogP contribution >= 0.6 is 0 Å². The van der Waals surface area contributed by atoms with Crippen LogP contribution in [-0.2, 0) is 13.7 Å². The molecule has 0 spiro atoms. The van der Waals surface area contributed by atoms with Crippen LogP contribution < -0.4 is 61.6 Å². The van der Waals surface area contributed by atoms with Crippen molar-refractivity contribution < 1.29 is 73.5 Å². The molecule has 20 heavy (non-hydrogen) atoms. The summed E-state index contributed by atoms with van der Waals surface area (Å²) in [6, 6.07) is 3.75. The second-order valence-corrected chi connectivity index (χ2v) is 4.03. The van der Waals surface area contributed by atoms with E-state index in [2.05, 4.69) is 5.10 Å². The Morgan fingerprint density at radius 1 is 1.25 bits per heavy atom. The molecule has 1 aromatic carbocycles. The van der Waals surface area contributed by atoms with Crippen molar-refractivity contribution >= 4 is 12.4 Å². The Morgan fingerprint density at radius 2 is 1.95 bits per heavy atom. The molecule has 2 rings (SSSR count). The largest absolute Gasteiger partial charge is 1.00 e. The molecule has 0 unspecified atom stereocenters.